The molecule has 0 saturated carbocycles. The van der Waals surface area contributed by atoms with Crippen molar-refractivity contribution in [3.8, 4) is 23.7 Å². The van der Waals surface area contributed by atoms with Crippen LogP contribution in [0.25, 0.3) is 11.4 Å². The van der Waals surface area contributed by atoms with Gasteiger partial charge in [-0.05, 0) is 13.8 Å². The van der Waals surface area contributed by atoms with E-state index in [-0.39, 0.29) is 0 Å². The first kappa shape index (κ1) is 11.3. The van der Waals surface area contributed by atoms with E-state index < -0.39 is 0 Å². The van der Waals surface area contributed by atoms with Crippen LogP contribution in [0.3, 0.4) is 0 Å². The third-order valence-electron chi connectivity index (χ3n) is 2.74. The number of terminal acetylenes is 1. The molecule has 2 rings (SSSR count). The molecule has 0 aliphatic heterocycles. The number of rotatable bonds is 3. The molecular formula is C12H15N5. The van der Waals surface area contributed by atoms with Crippen LogP contribution in [0.4, 0.5) is 5.82 Å². The van der Waals surface area contributed by atoms with Crippen LogP contribution in [0.15, 0.2) is 12.5 Å². The number of imidazole rings is 2. The van der Waals surface area contributed by atoms with Gasteiger partial charge in [0, 0.05) is 6.54 Å². The first-order valence-electron chi connectivity index (χ1n) is 5.45. The van der Waals surface area contributed by atoms with Crippen LogP contribution >= 0.6 is 0 Å². The third-order valence-corrected chi connectivity index (χ3v) is 2.74. The fourth-order valence-electron chi connectivity index (χ4n) is 1.83. The van der Waals surface area contributed by atoms with Crippen LogP contribution in [-0.2, 0) is 13.1 Å². The van der Waals surface area contributed by atoms with Gasteiger partial charge in [-0.3, -0.25) is 0 Å². The Hall–Kier alpha value is -2.22. The fraction of sp³-hybridized carbons (Fsp3) is 0.333. The Bertz CT molecular complexity index is 570. The van der Waals surface area contributed by atoms with Gasteiger partial charge in [0.15, 0.2) is 0 Å². The first-order valence-corrected chi connectivity index (χ1v) is 5.45. The standard InChI is InChI=1S/C12H15N5/c1-4-6-17-9(3)15-11(12(17)13)10-7-14-8-16(10)5-2/h1,7-8H,5-6,13H2,2-3H3. The maximum atomic E-state index is 6.07. The lowest BCUT2D eigenvalue weighted by Crippen LogP contribution is -2.04. The third kappa shape index (κ3) is 1.78. The largest absolute Gasteiger partial charge is 0.383 e. The van der Waals surface area contributed by atoms with E-state index in [0.29, 0.717) is 12.4 Å². The summed E-state index contributed by atoms with van der Waals surface area (Å²) in [6, 6.07) is 0. The van der Waals surface area contributed by atoms with Crippen molar-refractivity contribution in [2.45, 2.75) is 26.9 Å². The lowest BCUT2D eigenvalue weighted by Gasteiger charge is -2.04. The molecule has 2 heterocycles. The molecule has 0 unspecified atom stereocenters. The van der Waals surface area contributed by atoms with Crippen LogP contribution in [0.5, 0.6) is 0 Å². The van der Waals surface area contributed by atoms with Crippen LogP contribution in [0.2, 0.25) is 0 Å². The average Bonchev–Trinajstić information content (AvgIpc) is 2.88. The molecule has 0 aromatic carbocycles. The van der Waals surface area contributed by atoms with Crippen molar-refractivity contribution in [3.63, 3.8) is 0 Å². The van der Waals surface area contributed by atoms with Crippen molar-refractivity contribution in [1.29, 1.82) is 0 Å². The maximum Gasteiger partial charge on any atom is 0.134 e. The number of anilines is 1. The summed E-state index contributed by atoms with van der Waals surface area (Å²) in [4.78, 5) is 8.57. The SMILES string of the molecule is C#CCn1c(C)nc(-c2cncn2CC)c1N. The van der Waals surface area contributed by atoms with Crippen molar-refractivity contribution in [1.82, 2.24) is 19.1 Å². The number of hydrogen-bond acceptors (Lipinski definition) is 3. The van der Waals surface area contributed by atoms with E-state index in [1.807, 2.05) is 23.0 Å². The molecule has 0 atom stereocenters. The van der Waals surface area contributed by atoms with E-state index in [1.54, 1.807) is 12.5 Å². The van der Waals surface area contributed by atoms with E-state index in [4.69, 9.17) is 12.2 Å². The molecule has 0 aliphatic rings. The summed E-state index contributed by atoms with van der Waals surface area (Å²) < 4.78 is 3.82. The summed E-state index contributed by atoms with van der Waals surface area (Å²) in [6.07, 6.45) is 8.84. The first-order chi connectivity index (χ1) is 8.19. The Morgan fingerprint density at radius 3 is 2.94 bits per heavy atom. The van der Waals surface area contributed by atoms with E-state index in [9.17, 15) is 0 Å². The monoisotopic (exact) mass is 229 g/mol. The van der Waals surface area contributed by atoms with Gasteiger partial charge < -0.3 is 14.9 Å². The molecule has 0 radical (unpaired) electrons. The molecule has 5 nitrogen and oxygen atoms in total. The molecule has 0 amide bonds. The van der Waals surface area contributed by atoms with Gasteiger partial charge in [-0.1, -0.05) is 5.92 Å². The minimum absolute atomic E-state index is 0.435. The van der Waals surface area contributed by atoms with E-state index in [0.717, 1.165) is 23.8 Å². The molecule has 0 aliphatic carbocycles. The van der Waals surface area contributed by atoms with Gasteiger partial charge in [0.25, 0.3) is 0 Å². The lowest BCUT2D eigenvalue weighted by molar-refractivity contribution is 0.767. The molecule has 0 bridgehead atoms. The number of nitrogens with zero attached hydrogens (tertiary/aromatic N) is 4. The molecule has 0 spiro atoms. The number of hydrogen-bond donors (Lipinski definition) is 1. The molecular weight excluding hydrogens is 214 g/mol. The zero-order valence-corrected chi connectivity index (χ0v) is 10.0. The maximum absolute atomic E-state index is 6.07. The minimum atomic E-state index is 0.435. The van der Waals surface area contributed by atoms with Gasteiger partial charge in [-0.25, -0.2) is 9.97 Å². The normalized spacial score (nSPS) is 10.4. The second kappa shape index (κ2) is 4.34. The van der Waals surface area contributed by atoms with Crippen LogP contribution in [0.1, 0.15) is 12.7 Å². The minimum Gasteiger partial charge on any atom is -0.383 e. The molecule has 2 N–H and O–H groups in total. The number of aromatic nitrogens is 4. The molecule has 2 aromatic heterocycles. The van der Waals surface area contributed by atoms with Gasteiger partial charge in [0.05, 0.1) is 24.8 Å². The van der Waals surface area contributed by atoms with Crippen molar-refractivity contribution in [2.75, 3.05) is 5.73 Å². The summed E-state index contributed by atoms with van der Waals surface area (Å²) in [7, 11) is 0. The van der Waals surface area contributed by atoms with Crippen molar-refractivity contribution in [3.05, 3.63) is 18.3 Å². The summed E-state index contributed by atoms with van der Waals surface area (Å²) >= 11 is 0. The van der Waals surface area contributed by atoms with Gasteiger partial charge in [-0.2, -0.15) is 0 Å². The Kier molecular flexibility index (Phi) is 2.88. The smallest absolute Gasteiger partial charge is 0.134 e. The quantitative estimate of drug-likeness (QED) is 0.807. The molecule has 17 heavy (non-hydrogen) atoms. The van der Waals surface area contributed by atoms with E-state index >= 15 is 0 Å². The predicted octanol–water partition coefficient (Wildman–Crippen LogP) is 1.29. The zero-order valence-electron chi connectivity index (χ0n) is 10.0. The fourth-order valence-corrected chi connectivity index (χ4v) is 1.83. The van der Waals surface area contributed by atoms with Gasteiger partial charge in [0.1, 0.15) is 17.3 Å². The second-order valence-electron chi connectivity index (χ2n) is 3.75. The average molecular weight is 229 g/mol. The Morgan fingerprint density at radius 1 is 1.53 bits per heavy atom. The van der Waals surface area contributed by atoms with Crippen LogP contribution in [0, 0.1) is 19.3 Å². The highest BCUT2D eigenvalue weighted by Gasteiger charge is 2.15. The Morgan fingerprint density at radius 2 is 2.29 bits per heavy atom. The summed E-state index contributed by atoms with van der Waals surface area (Å²) in [6.45, 7) is 5.21. The Labute approximate surface area is 100 Å². The Balaban J connectivity index is 2.54. The number of nitrogen functional groups attached to an aromatic ring is 1. The summed E-state index contributed by atoms with van der Waals surface area (Å²) in [5.41, 5.74) is 7.74. The highest BCUT2D eigenvalue weighted by atomic mass is 15.2. The van der Waals surface area contributed by atoms with Crippen molar-refractivity contribution < 1.29 is 0 Å². The summed E-state index contributed by atoms with van der Waals surface area (Å²) in [5, 5.41) is 0. The predicted molar refractivity (Wildman–Crippen MR) is 67.1 cm³/mol. The van der Waals surface area contributed by atoms with E-state index in [1.165, 1.54) is 0 Å². The van der Waals surface area contributed by atoms with Gasteiger partial charge >= 0.3 is 0 Å². The van der Waals surface area contributed by atoms with E-state index in [2.05, 4.69) is 15.9 Å². The molecule has 0 fully saturated rings. The molecule has 5 heteroatoms. The topological polar surface area (TPSA) is 61.7 Å². The summed E-state index contributed by atoms with van der Waals surface area (Å²) in [5.74, 6) is 3.99. The number of nitrogens with two attached hydrogens (primary N) is 1. The van der Waals surface area contributed by atoms with Gasteiger partial charge in [0.2, 0.25) is 0 Å². The molecule has 2 aromatic rings. The van der Waals surface area contributed by atoms with Crippen molar-refractivity contribution >= 4 is 5.82 Å². The lowest BCUT2D eigenvalue weighted by atomic mass is 10.3. The van der Waals surface area contributed by atoms with Crippen LogP contribution in [-0.4, -0.2) is 19.1 Å². The molecule has 88 valence electrons. The highest BCUT2D eigenvalue weighted by Crippen LogP contribution is 2.25. The van der Waals surface area contributed by atoms with Crippen LogP contribution < -0.4 is 5.73 Å². The second-order valence-corrected chi connectivity index (χ2v) is 3.75. The van der Waals surface area contributed by atoms with Crippen molar-refractivity contribution in [2.24, 2.45) is 0 Å². The zero-order chi connectivity index (χ0) is 12.4. The molecule has 0 saturated heterocycles. The highest BCUT2D eigenvalue weighted by molar-refractivity contribution is 5.68. The number of aryl methyl sites for hydroxylation is 2. The van der Waals surface area contributed by atoms with Gasteiger partial charge in [-0.15, -0.1) is 6.42 Å².